The summed E-state index contributed by atoms with van der Waals surface area (Å²) < 4.78 is 49.4. The molecule has 0 spiro atoms. The van der Waals surface area contributed by atoms with Gasteiger partial charge in [0.15, 0.2) is 23.0 Å². The molecule has 13 heteroatoms. The number of nitrogens with zero attached hydrogens (tertiary/aromatic N) is 3. The fraction of sp³-hybridized carbons (Fsp3) is 0.321. The van der Waals surface area contributed by atoms with Gasteiger partial charge in [-0.3, -0.25) is 9.12 Å². The Balaban J connectivity index is 1.26. The number of carbonyl (C=O) groups excluding carboxylic acids is 1. The highest BCUT2D eigenvalue weighted by Crippen LogP contribution is 2.31. The summed E-state index contributed by atoms with van der Waals surface area (Å²) in [5.41, 5.74) is 1.15. The molecule has 0 unspecified atom stereocenters. The van der Waals surface area contributed by atoms with Crippen molar-refractivity contribution in [3.8, 4) is 17.0 Å². The molecule has 4 rings (SSSR count). The summed E-state index contributed by atoms with van der Waals surface area (Å²) in [6, 6.07) is 10.5. The van der Waals surface area contributed by atoms with Crippen LogP contribution in [-0.4, -0.2) is 59.5 Å². The largest absolute Gasteiger partial charge is 0.494 e. The van der Waals surface area contributed by atoms with Crippen molar-refractivity contribution in [2.24, 2.45) is 0 Å². The number of fused-ring (bicyclic) bond motifs is 1. The van der Waals surface area contributed by atoms with Gasteiger partial charge in [-0.25, -0.2) is 19.2 Å². The number of hydrogen-bond acceptors (Lipinski definition) is 9. The van der Waals surface area contributed by atoms with E-state index in [4.69, 9.17) is 14.2 Å². The smallest absolute Gasteiger partial charge is 0.407 e. The van der Waals surface area contributed by atoms with E-state index < -0.39 is 23.3 Å². The summed E-state index contributed by atoms with van der Waals surface area (Å²) in [5.74, 6) is -1.77. The Bertz CT molecular complexity index is 1480. The van der Waals surface area contributed by atoms with E-state index in [9.17, 15) is 13.6 Å². The minimum atomic E-state index is -1.06. The Morgan fingerprint density at radius 1 is 1.02 bits per heavy atom. The van der Waals surface area contributed by atoms with Crippen molar-refractivity contribution in [1.82, 2.24) is 24.4 Å². The van der Waals surface area contributed by atoms with Crippen molar-refractivity contribution >= 4 is 35.2 Å². The first-order valence-corrected chi connectivity index (χ1v) is 13.6. The highest BCUT2D eigenvalue weighted by atomic mass is 32.2. The van der Waals surface area contributed by atoms with E-state index in [1.807, 2.05) is 45.0 Å². The van der Waals surface area contributed by atoms with E-state index in [0.29, 0.717) is 43.5 Å². The lowest BCUT2D eigenvalue weighted by atomic mass is 10.1. The average molecular weight is 587 g/mol. The molecule has 41 heavy (non-hydrogen) atoms. The van der Waals surface area contributed by atoms with Crippen LogP contribution in [0.4, 0.5) is 25.1 Å². The van der Waals surface area contributed by atoms with Crippen molar-refractivity contribution in [2.45, 2.75) is 31.3 Å². The summed E-state index contributed by atoms with van der Waals surface area (Å²) in [6.45, 7) is 7.28. The molecule has 2 aromatic heterocycles. The summed E-state index contributed by atoms with van der Waals surface area (Å²) in [4.78, 5) is 21.3. The van der Waals surface area contributed by atoms with Gasteiger partial charge in [-0.2, -0.15) is 4.39 Å². The number of aromatic nitrogens is 3. The number of imidazole rings is 1. The molecule has 0 atom stereocenters. The molecule has 1 amide bonds. The van der Waals surface area contributed by atoms with Crippen LogP contribution in [0.25, 0.3) is 16.9 Å². The Labute approximate surface area is 240 Å². The number of alkyl carbamates (subject to hydrolysis) is 1. The maximum absolute atomic E-state index is 14.7. The number of rotatable bonds is 12. The standard InChI is InChI=1S/C28H32F2N6O4S/c1-28(2,3)40-27(37)32-12-15-39-16-13-34-41-19-7-5-18(6-8-19)35-25-26-33-17-21(36(26)14-11-31-25)20-9-10-22(38-4)24(30)23(20)29/h5-11,14,17,34H,12-13,15-16H2,1-4H3,(H,31,35)(H,32,37). The van der Waals surface area contributed by atoms with E-state index in [-0.39, 0.29) is 11.3 Å². The minimum Gasteiger partial charge on any atom is -0.494 e. The van der Waals surface area contributed by atoms with Crippen LogP contribution < -0.4 is 20.1 Å². The summed E-state index contributed by atoms with van der Waals surface area (Å²) >= 11 is 1.46. The molecule has 218 valence electrons. The van der Waals surface area contributed by atoms with Crippen LogP contribution in [0, 0.1) is 11.6 Å². The molecule has 0 radical (unpaired) electrons. The zero-order valence-electron chi connectivity index (χ0n) is 23.2. The molecule has 10 nitrogen and oxygen atoms in total. The van der Waals surface area contributed by atoms with Gasteiger partial charge in [-0.15, -0.1) is 0 Å². The third-order valence-electron chi connectivity index (χ3n) is 5.54. The molecule has 0 saturated heterocycles. The minimum absolute atomic E-state index is 0.0599. The zero-order chi connectivity index (χ0) is 29.4. The van der Waals surface area contributed by atoms with Gasteiger partial charge in [-0.05, 0) is 69.1 Å². The van der Waals surface area contributed by atoms with Crippen LogP contribution in [0.2, 0.25) is 0 Å². The zero-order valence-corrected chi connectivity index (χ0v) is 24.0. The number of benzene rings is 2. The van der Waals surface area contributed by atoms with E-state index in [2.05, 4.69) is 25.3 Å². The van der Waals surface area contributed by atoms with Gasteiger partial charge in [0.1, 0.15) is 5.60 Å². The van der Waals surface area contributed by atoms with Crippen molar-refractivity contribution in [2.75, 3.05) is 38.7 Å². The summed E-state index contributed by atoms with van der Waals surface area (Å²) in [6.07, 6.45) is 4.20. The molecule has 0 aliphatic heterocycles. The van der Waals surface area contributed by atoms with Crippen molar-refractivity contribution in [3.63, 3.8) is 0 Å². The third kappa shape index (κ3) is 8.06. The molecule has 2 heterocycles. The number of methoxy groups -OCH3 is 1. The molecule has 4 aromatic rings. The van der Waals surface area contributed by atoms with Crippen LogP contribution in [0.5, 0.6) is 5.75 Å². The fourth-order valence-electron chi connectivity index (χ4n) is 3.73. The number of anilines is 2. The van der Waals surface area contributed by atoms with E-state index in [1.165, 1.54) is 37.4 Å². The highest BCUT2D eigenvalue weighted by molar-refractivity contribution is 7.97. The third-order valence-corrected chi connectivity index (χ3v) is 6.40. The van der Waals surface area contributed by atoms with Crippen molar-refractivity contribution in [3.05, 3.63) is 66.6 Å². The second-order valence-electron chi connectivity index (χ2n) is 9.74. The molecular weight excluding hydrogens is 554 g/mol. The predicted molar refractivity (Wildman–Crippen MR) is 154 cm³/mol. The molecular formula is C28H32F2N6O4S. The molecule has 0 aliphatic carbocycles. The molecule has 0 fully saturated rings. The lowest BCUT2D eigenvalue weighted by Gasteiger charge is -2.19. The monoisotopic (exact) mass is 586 g/mol. The fourth-order valence-corrected chi connectivity index (χ4v) is 4.35. The maximum Gasteiger partial charge on any atom is 0.407 e. The molecule has 0 saturated carbocycles. The molecule has 3 N–H and O–H groups in total. The quantitative estimate of drug-likeness (QED) is 0.145. The van der Waals surface area contributed by atoms with Crippen LogP contribution >= 0.6 is 11.9 Å². The number of hydrogen-bond donors (Lipinski definition) is 3. The van der Waals surface area contributed by atoms with Gasteiger partial charge in [-0.1, -0.05) is 0 Å². The average Bonchev–Trinajstić information content (AvgIpc) is 3.36. The first-order valence-electron chi connectivity index (χ1n) is 12.8. The second kappa shape index (κ2) is 13.6. The Hall–Kier alpha value is -3.94. The van der Waals surface area contributed by atoms with Crippen molar-refractivity contribution < 1.29 is 27.8 Å². The lowest BCUT2D eigenvalue weighted by Crippen LogP contribution is -2.34. The topological polar surface area (TPSA) is 111 Å². The number of carbonyl (C=O) groups is 1. The Morgan fingerprint density at radius 2 is 1.78 bits per heavy atom. The van der Waals surface area contributed by atoms with E-state index in [0.717, 1.165) is 10.6 Å². The van der Waals surface area contributed by atoms with Gasteiger partial charge in [0.25, 0.3) is 0 Å². The first kappa shape index (κ1) is 30.0. The van der Waals surface area contributed by atoms with Gasteiger partial charge in [0, 0.05) is 41.6 Å². The van der Waals surface area contributed by atoms with E-state index >= 15 is 0 Å². The van der Waals surface area contributed by atoms with Gasteiger partial charge >= 0.3 is 6.09 Å². The lowest BCUT2D eigenvalue weighted by molar-refractivity contribution is 0.0501. The molecule has 0 aliphatic rings. The van der Waals surface area contributed by atoms with Gasteiger partial charge < -0.3 is 24.8 Å². The summed E-state index contributed by atoms with van der Waals surface area (Å²) in [7, 11) is 1.28. The van der Waals surface area contributed by atoms with Crippen LogP contribution in [0.15, 0.2) is 59.9 Å². The number of amides is 1. The number of nitrogens with one attached hydrogen (secondary N) is 3. The van der Waals surface area contributed by atoms with Gasteiger partial charge in [0.2, 0.25) is 5.82 Å². The molecule has 0 bridgehead atoms. The summed E-state index contributed by atoms with van der Waals surface area (Å²) in [5, 5.41) is 5.87. The van der Waals surface area contributed by atoms with Gasteiger partial charge in [0.05, 0.1) is 32.2 Å². The highest BCUT2D eigenvalue weighted by Gasteiger charge is 2.19. The first-order chi connectivity index (χ1) is 19.7. The van der Waals surface area contributed by atoms with E-state index in [1.54, 1.807) is 16.8 Å². The normalized spacial score (nSPS) is 11.5. The predicted octanol–water partition coefficient (Wildman–Crippen LogP) is 5.56. The maximum atomic E-state index is 14.7. The second-order valence-corrected chi connectivity index (χ2v) is 10.7. The van der Waals surface area contributed by atoms with Crippen LogP contribution in [0.1, 0.15) is 20.8 Å². The number of halogens is 2. The Morgan fingerprint density at radius 3 is 2.51 bits per heavy atom. The SMILES string of the molecule is COc1ccc(-c2cnc3c(Nc4ccc(SNCCOCCNC(=O)OC(C)(C)C)cc4)nccn23)c(F)c1F. The van der Waals surface area contributed by atoms with Crippen LogP contribution in [0.3, 0.4) is 0 Å². The number of ether oxygens (including phenoxy) is 3. The van der Waals surface area contributed by atoms with Crippen LogP contribution in [-0.2, 0) is 9.47 Å². The molecule has 2 aromatic carbocycles. The Kier molecular flexibility index (Phi) is 9.97. The van der Waals surface area contributed by atoms with Crippen molar-refractivity contribution in [1.29, 1.82) is 0 Å².